The predicted octanol–water partition coefficient (Wildman–Crippen LogP) is 1.65. The number of ether oxygens (including phenoxy) is 1. The highest BCUT2D eigenvalue weighted by molar-refractivity contribution is 6.00. The summed E-state index contributed by atoms with van der Waals surface area (Å²) in [5.41, 5.74) is 6.16. The first-order valence-electron chi connectivity index (χ1n) is 6.85. The van der Waals surface area contributed by atoms with E-state index in [-0.39, 0.29) is 0 Å². The number of pyridine rings is 1. The number of benzene rings is 1. The largest absolute Gasteiger partial charge is 0.497 e. The number of methoxy groups -OCH3 is 1. The van der Waals surface area contributed by atoms with Gasteiger partial charge in [-0.3, -0.25) is 25.4 Å². The minimum Gasteiger partial charge on any atom is -0.497 e. The van der Waals surface area contributed by atoms with E-state index < -0.39 is 11.8 Å². The van der Waals surface area contributed by atoms with Crippen molar-refractivity contribution in [2.75, 3.05) is 7.11 Å². The van der Waals surface area contributed by atoms with Crippen molar-refractivity contribution in [2.45, 2.75) is 0 Å². The number of carbonyl (C=O) groups is 2. The lowest BCUT2D eigenvalue weighted by Crippen LogP contribution is -2.41. The van der Waals surface area contributed by atoms with Crippen molar-refractivity contribution in [1.82, 2.24) is 20.8 Å². The van der Waals surface area contributed by atoms with Crippen LogP contribution in [0, 0.1) is 0 Å². The number of hydrazine groups is 1. The molecular weight excluding hydrogens is 296 g/mol. The van der Waals surface area contributed by atoms with Crippen LogP contribution < -0.4 is 15.6 Å². The average molecular weight is 310 g/mol. The smallest absolute Gasteiger partial charge is 0.286 e. The first-order chi connectivity index (χ1) is 11.2. The lowest BCUT2D eigenvalue weighted by molar-refractivity contribution is 0.0844. The zero-order valence-corrected chi connectivity index (χ0v) is 12.3. The van der Waals surface area contributed by atoms with Gasteiger partial charge < -0.3 is 9.72 Å². The van der Waals surface area contributed by atoms with Crippen molar-refractivity contribution in [1.29, 1.82) is 0 Å². The molecule has 0 aliphatic rings. The molecule has 7 nitrogen and oxygen atoms in total. The van der Waals surface area contributed by atoms with Crippen molar-refractivity contribution in [3.63, 3.8) is 0 Å². The molecule has 0 saturated heterocycles. The number of H-pyrrole nitrogens is 1. The normalized spacial score (nSPS) is 10.3. The predicted molar refractivity (Wildman–Crippen MR) is 84.0 cm³/mol. The summed E-state index contributed by atoms with van der Waals surface area (Å²) >= 11 is 0. The van der Waals surface area contributed by atoms with Gasteiger partial charge in [0.25, 0.3) is 11.8 Å². The van der Waals surface area contributed by atoms with Gasteiger partial charge in [-0.25, -0.2) is 0 Å². The number of hydrogen-bond acceptors (Lipinski definition) is 4. The summed E-state index contributed by atoms with van der Waals surface area (Å²) < 4.78 is 5.14. The summed E-state index contributed by atoms with van der Waals surface area (Å²) in [5.74, 6) is -0.196. The second-order valence-corrected chi connectivity index (χ2v) is 4.79. The standard InChI is InChI=1S/C16H14N4O3/c1-23-12-5-4-10-7-14(18-13(10)8-12)16(22)20-19-15(21)11-3-2-6-17-9-11/h2-9,18H,1H3,(H,19,21)(H,20,22). The second-order valence-electron chi connectivity index (χ2n) is 4.79. The van der Waals surface area contributed by atoms with Crippen molar-refractivity contribution in [3.8, 4) is 5.75 Å². The van der Waals surface area contributed by atoms with Crippen LogP contribution in [0.15, 0.2) is 48.8 Å². The lowest BCUT2D eigenvalue weighted by atomic mass is 10.2. The van der Waals surface area contributed by atoms with Crippen molar-refractivity contribution >= 4 is 22.7 Å². The van der Waals surface area contributed by atoms with Crippen LogP contribution in [0.2, 0.25) is 0 Å². The molecule has 0 bridgehead atoms. The van der Waals surface area contributed by atoms with E-state index in [9.17, 15) is 9.59 Å². The van der Waals surface area contributed by atoms with Crippen LogP contribution in [0.5, 0.6) is 5.75 Å². The number of nitrogens with one attached hydrogen (secondary N) is 3. The van der Waals surface area contributed by atoms with Crippen molar-refractivity contribution in [2.24, 2.45) is 0 Å². The van der Waals surface area contributed by atoms with E-state index in [2.05, 4.69) is 20.8 Å². The summed E-state index contributed by atoms with van der Waals surface area (Å²) in [6.07, 6.45) is 2.98. The molecule has 1 aromatic carbocycles. The van der Waals surface area contributed by atoms with E-state index in [0.717, 1.165) is 10.9 Å². The Bertz CT molecular complexity index is 858. The summed E-state index contributed by atoms with van der Waals surface area (Å²) in [6.45, 7) is 0. The molecule has 3 rings (SSSR count). The van der Waals surface area contributed by atoms with Gasteiger partial charge in [0.2, 0.25) is 0 Å². The zero-order valence-electron chi connectivity index (χ0n) is 12.3. The van der Waals surface area contributed by atoms with Gasteiger partial charge in [-0.15, -0.1) is 0 Å². The van der Waals surface area contributed by atoms with Gasteiger partial charge in [0.15, 0.2) is 0 Å². The Morgan fingerprint density at radius 3 is 2.70 bits per heavy atom. The van der Waals surface area contributed by atoms with Crippen molar-refractivity contribution in [3.05, 3.63) is 60.0 Å². The van der Waals surface area contributed by atoms with Gasteiger partial charge in [-0.2, -0.15) is 0 Å². The molecule has 0 aliphatic carbocycles. The molecule has 0 unspecified atom stereocenters. The molecule has 23 heavy (non-hydrogen) atoms. The number of nitrogens with zero attached hydrogens (tertiary/aromatic N) is 1. The van der Waals surface area contributed by atoms with E-state index in [1.165, 1.54) is 6.20 Å². The van der Waals surface area contributed by atoms with Gasteiger partial charge in [0, 0.05) is 29.4 Å². The number of aromatic amines is 1. The van der Waals surface area contributed by atoms with Crippen LogP contribution in [-0.4, -0.2) is 28.9 Å². The first-order valence-corrected chi connectivity index (χ1v) is 6.85. The van der Waals surface area contributed by atoms with Crippen LogP contribution in [0.4, 0.5) is 0 Å². The van der Waals surface area contributed by atoms with Gasteiger partial charge in [0.1, 0.15) is 11.4 Å². The van der Waals surface area contributed by atoms with E-state index >= 15 is 0 Å². The van der Waals surface area contributed by atoms with E-state index in [0.29, 0.717) is 17.0 Å². The number of rotatable bonds is 3. The Morgan fingerprint density at radius 2 is 1.96 bits per heavy atom. The fourth-order valence-electron chi connectivity index (χ4n) is 2.11. The molecule has 7 heteroatoms. The van der Waals surface area contributed by atoms with E-state index in [1.54, 1.807) is 37.6 Å². The third-order valence-corrected chi connectivity index (χ3v) is 3.29. The Morgan fingerprint density at radius 1 is 1.13 bits per heavy atom. The van der Waals surface area contributed by atoms with Gasteiger partial charge >= 0.3 is 0 Å². The number of amides is 2. The molecule has 0 fully saturated rings. The van der Waals surface area contributed by atoms with Crippen LogP contribution >= 0.6 is 0 Å². The maximum atomic E-state index is 12.1. The average Bonchev–Trinajstić information content (AvgIpc) is 3.03. The number of fused-ring (bicyclic) bond motifs is 1. The summed E-state index contributed by atoms with van der Waals surface area (Å²) in [7, 11) is 1.58. The molecule has 0 spiro atoms. The Balaban J connectivity index is 1.70. The van der Waals surface area contributed by atoms with Crippen molar-refractivity contribution < 1.29 is 14.3 Å². The maximum absolute atomic E-state index is 12.1. The molecule has 3 N–H and O–H groups in total. The molecule has 2 aromatic heterocycles. The monoisotopic (exact) mass is 310 g/mol. The van der Waals surface area contributed by atoms with Crippen LogP contribution in [0.25, 0.3) is 10.9 Å². The van der Waals surface area contributed by atoms with Gasteiger partial charge in [-0.05, 0) is 30.3 Å². The number of carbonyl (C=O) groups excluding carboxylic acids is 2. The lowest BCUT2D eigenvalue weighted by Gasteiger charge is -2.05. The Kier molecular flexibility index (Phi) is 3.92. The van der Waals surface area contributed by atoms with E-state index in [4.69, 9.17) is 4.74 Å². The summed E-state index contributed by atoms with van der Waals surface area (Å²) in [5, 5.41) is 0.870. The van der Waals surface area contributed by atoms with E-state index in [1.807, 2.05) is 12.1 Å². The van der Waals surface area contributed by atoms with Crippen LogP contribution in [0.3, 0.4) is 0 Å². The molecular formula is C16H14N4O3. The Hall–Kier alpha value is -3.35. The minimum atomic E-state index is -0.447. The highest BCUT2D eigenvalue weighted by atomic mass is 16.5. The fraction of sp³-hybridized carbons (Fsp3) is 0.0625. The molecule has 2 heterocycles. The number of aromatic nitrogens is 2. The zero-order chi connectivity index (χ0) is 16.2. The molecule has 0 atom stereocenters. The minimum absolute atomic E-state index is 0.333. The second kappa shape index (κ2) is 6.18. The summed E-state index contributed by atoms with van der Waals surface area (Å²) in [6, 6.07) is 10.4. The number of hydrogen-bond donors (Lipinski definition) is 3. The fourth-order valence-corrected chi connectivity index (χ4v) is 2.11. The van der Waals surface area contributed by atoms with Gasteiger partial charge in [-0.1, -0.05) is 0 Å². The summed E-state index contributed by atoms with van der Waals surface area (Å²) in [4.78, 5) is 30.8. The third-order valence-electron chi connectivity index (χ3n) is 3.29. The topological polar surface area (TPSA) is 96.1 Å². The Labute approximate surface area is 131 Å². The SMILES string of the molecule is COc1ccc2cc(C(=O)NNC(=O)c3cccnc3)[nH]c2c1. The molecule has 3 aromatic rings. The molecule has 116 valence electrons. The first kappa shape index (κ1) is 14.6. The van der Waals surface area contributed by atoms with Crippen LogP contribution in [-0.2, 0) is 0 Å². The molecule has 2 amide bonds. The molecule has 0 radical (unpaired) electrons. The maximum Gasteiger partial charge on any atom is 0.286 e. The quantitative estimate of drug-likeness (QED) is 0.641. The highest BCUT2D eigenvalue weighted by Crippen LogP contribution is 2.21. The molecule has 0 saturated carbocycles. The van der Waals surface area contributed by atoms with Gasteiger partial charge in [0.05, 0.1) is 12.7 Å². The highest BCUT2D eigenvalue weighted by Gasteiger charge is 2.12. The molecule has 0 aliphatic heterocycles. The van der Waals surface area contributed by atoms with Crippen LogP contribution in [0.1, 0.15) is 20.8 Å². The third kappa shape index (κ3) is 3.13.